The molecule has 0 spiro atoms. The molecule has 0 aromatic heterocycles. The number of aliphatic carboxylic acids is 1. The second kappa shape index (κ2) is 15.7. The van der Waals surface area contributed by atoms with Crippen molar-refractivity contribution in [3.63, 3.8) is 0 Å². The monoisotopic (exact) mass is 468 g/mol. The van der Waals surface area contributed by atoms with Crippen LogP contribution in [0.3, 0.4) is 0 Å². The number of rotatable bonds is 17. The van der Waals surface area contributed by atoms with Crippen molar-refractivity contribution in [2.45, 2.75) is 57.8 Å². The second-order valence-corrected chi connectivity index (χ2v) is 8.49. The molecule has 0 fully saturated rings. The lowest BCUT2D eigenvalue weighted by molar-refractivity contribution is -0.137. The molecule has 0 heterocycles. The van der Waals surface area contributed by atoms with Gasteiger partial charge in [0, 0.05) is 18.6 Å². The molecule has 1 atom stereocenters. The highest BCUT2D eigenvalue weighted by Gasteiger charge is 2.10. The third kappa shape index (κ3) is 10.7. The van der Waals surface area contributed by atoms with Gasteiger partial charge in [0.15, 0.2) is 0 Å². The van der Waals surface area contributed by atoms with Gasteiger partial charge in [-0.15, -0.1) is 0 Å². The number of unbranched alkanes of at least 4 members (excludes halogenated alkanes) is 4. The van der Waals surface area contributed by atoms with Gasteiger partial charge in [-0.05, 0) is 68.2 Å². The van der Waals surface area contributed by atoms with Gasteiger partial charge >= 0.3 is 11.9 Å². The molecule has 0 saturated carbocycles. The number of aromatic carboxylic acids is 1. The third-order valence-electron chi connectivity index (χ3n) is 5.69. The maximum atomic E-state index is 11.1. The lowest BCUT2D eigenvalue weighted by Gasteiger charge is -2.14. The van der Waals surface area contributed by atoms with Gasteiger partial charge in [-0.1, -0.05) is 55.3 Å². The van der Waals surface area contributed by atoms with Crippen molar-refractivity contribution < 1.29 is 29.6 Å². The summed E-state index contributed by atoms with van der Waals surface area (Å²) in [6, 6.07) is 14.8. The Morgan fingerprint density at radius 3 is 2.32 bits per heavy atom. The van der Waals surface area contributed by atoms with Crippen LogP contribution in [-0.4, -0.2) is 40.5 Å². The van der Waals surface area contributed by atoms with E-state index in [-0.39, 0.29) is 24.5 Å². The summed E-state index contributed by atoms with van der Waals surface area (Å²) in [7, 11) is 0. The fraction of sp³-hybridized carbons (Fsp3) is 0.429. The fourth-order valence-electron chi connectivity index (χ4n) is 3.77. The van der Waals surface area contributed by atoms with Crippen LogP contribution in [-0.2, 0) is 11.2 Å². The Labute approximate surface area is 201 Å². The Kier molecular flexibility index (Phi) is 12.5. The first kappa shape index (κ1) is 27.1. The molecule has 2 aromatic carbocycles. The normalized spacial score (nSPS) is 12.0. The van der Waals surface area contributed by atoms with Crippen LogP contribution in [0.15, 0.2) is 54.6 Å². The molecule has 0 aliphatic carbocycles. The number of carbonyl (C=O) groups is 2. The molecule has 6 heteroatoms. The van der Waals surface area contributed by atoms with Gasteiger partial charge in [-0.3, -0.25) is 4.79 Å². The van der Waals surface area contributed by atoms with Crippen LogP contribution in [0.2, 0.25) is 0 Å². The number of hydrogen-bond acceptors (Lipinski definition) is 4. The summed E-state index contributed by atoms with van der Waals surface area (Å²) in [6.45, 7) is 0.862. The number of hydrogen-bond donors (Lipinski definition) is 3. The van der Waals surface area contributed by atoms with Gasteiger partial charge in [0.25, 0.3) is 0 Å². The minimum atomic E-state index is -0.943. The maximum absolute atomic E-state index is 11.1. The third-order valence-corrected chi connectivity index (χ3v) is 5.69. The van der Waals surface area contributed by atoms with Gasteiger partial charge < -0.3 is 20.1 Å². The Morgan fingerprint density at radius 2 is 1.62 bits per heavy atom. The number of aliphatic hydroxyl groups is 1. The van der Waals surface area contributed by atoms with Crippen LogP contribution in [0, 0.1) is 5.92 Å². The molecule has 0 radical (unpaired) electrons. The summed E-state index contributed by atoms with van der Waals surface area (Å²) < 4.78 is 5.99. The maximum Gasteiger partial charge on any atom is 0.335 e. The van der Waals surface area contributed by atoms with Gasteiger partial charge in [0.05, 0.1) is 12.2 Å². The van der Waals surface area contributed by atoms with E-state index in [4.69, 9.17) is 20.1 Å². The van der Waals surface area contributed by atoms with Crippen molar-refractivity contribution in [2.24, 2.45) is 5.92 Å². The molecular formula is C28H36O6. The van der Waals surface area contributed by atoms with Crippen LogP contribution in [0.25, 0.3) is 6.08 Å². The minimum Gasteiger partial charge on any atom is -0.493 e. The number of benzene rings is 2. The average Bonchev–Trinajstić information content (AvgIpc) is 2.83. The minimum absolute atomic E-state index is 0.165. The first-order chi connectivity index (χ1) is 16.5. The number of carboxylic acids is 2. The molecule has 6 nitrogen and oxygen atoms in total. The summed E-state index contributed by atoms with van der Waals surface area (Å²) in [5, 5.41) is 26.9. The molecule has 0 bridgehead atoms. The predicted molar refractivity (Wildman–Crippen MR) is 133 cm³/mol. The van der Waals surface area contributed by atoms with Crippen molar-refractivity contribution in [1.82, 2.24) is 0 Å². The molecule has 2 rings (SSSR count). The van der Waals surface area contributed by atoms with E-state index in [2.05, 4.69) is 12.2 Å². The number of carboxylic acid groups (broad SMARTS) is 2. The quantitative estimate of drug-likeness (QED) is 0.252. The SMILES string of the molecule is O=C(O)CCCCC(C=Cc1ccccc1OCCCCCCO)Cc1ccc(C(=O)O)cc1. The van der Waals surface area contributed by atoms with Crippen molar-refractivity contribution in [3.05, 3.63) is 71.3 Å². The summed E-state index contributed by atoms with van der Waals surface area (Å²) in [6.07, 6.45) is 11.2. The van der Waals surface area contributed by atoms with E-state index in [0.29, 0.717) is 13.0 Å². The summed E-state index contributed by atoms with van der Waals surface area (Å²) in [5.74, 6) is -0.701. The van der Waals surface area contributed by atoms with Gasteiger partial charge in [0.1, 0.15) is 5.75 Å². The highest BCUT2D eigenvalue weighted by atomic mass is 16.5. The van der Waals surface area contributed by atoms with Crippen LogP contribution in [0.1, 0.15) is 72.9 Å². The summed E-state index contributed by atoms with van der Waals surface area (Å²) in [4.78, 5) is 22.0. The van der Waals surface area contributed by atoms with E-state index in [1.807, 2.05) is 36.4 Å². The zero-order chi connectivity index (χ0) is 24.6. The van der Waals surface area contributed by atoms with Crippen LogP contribution < -0.4 is 4.74 Å². The topological polar surface area (TPSA) is 104 Å². The molecule has 1 unspecified atom stereocenters. The van der Waals surface area contributed by atoms with Gasteiger partial charge in [0.2, 0.25) is 0 Å². The average molecular weight is 469 g/mol. The van der Waals surface area contributed by atoms with Crippen LogP contribution in [0.4, 0.5) is 0 Å². The molecule has 0 aliphatic heterocycles. The summed E-state index contributed by atoms with van der Waals surface area (Å²) in [5.41, 5.74) is 2.31. The predicted octanol–water partition coefficient (Wildman–Crippen LogP) is 5.83. The molecule has 0 amide bonds. The highest BCUT2D eigenvalue weighted by Crippen LogP contribution is 2.24. The molecule has 34 heavy (non-hydrogen) atoms. The second-order valence-electron chi connectivity index (χ2n) is 8.49. The zero-order valence-electron chi connectivity index (χ0n) is 19.7. The Hall–Kier alpha value is -3.12. The number of aliphatic hydroxyl groups excluding tert-OH is 1. The molecule has 2 aromatic rings. The van der Waals surface area contributed by atoms with E-state index >= 15 is 0 Å². The first-order valence-electron chi connectivity index (χ1n) is 12.0. The molecule has 0 aliphatic rings. The van der Waals surface area contributed by atoms with Crippen molar-refractivity contribution in [2.75, 3.05) is 13.2 Å². The van der Waals surface area contributed by atoms with Gasteiger partial charge in [-0.2, -0.15) is 0 Å². The standard InChI is InChI=1S/C28H36O6/c29-19-7-1-2-8-20-34-26-11-5-4-10-24(26)16-13-22(9-3-6-12-27(30)31)21-23-14-17-25(18-15-23)28(32)33/h4-5,10-11,13-18,22,29H,1-3,6-9,12,19-21H2,(H,30,31)(H,32,33). The summed E-state index contributed by atoms with van der Waals surface area (Å²) >= 11 is 0. The van der Waals surface area contributed by atoms with E-state index in [9.17, 15) is 9.59 Å². The van der Waals surface area contributed by atoms with Crippen LogP contribution >= 0.6 is 0 Å². The first-order valence-corrected chi connectivity index (χ1v) is 12.0. The van der Waals surface area contributed by atoms with E-state index in [0.717, 1.165) is 61.8 Å². The smallest absolute Gasteiger partial charge is 0.335 e. The van der Waals surface area contributed by atoms with E-state index in [1.54, 1.807) is 12.1 Å². The largest absolute Gasteiger partial charge is 0.493 e. The fourth-order valence-corrected chi connectivity index (χ4v) is 3.77. The molecule has 3 N–H and O–H groups in total. The molecule has 184 valence electrons. The Morgan fingerprint density at radius 1 is 0.882 bits per heavy atom. The van der Waals surface area contributed by atoms with E-state index in [1.165, 1.54) is 0 Å². The van der Waals surface area contributed by atoms with Crippen molar-refractivity contribution in [3.8, 4) is 5.75 Å². The lowest BCUT2D eigenvalue weighted by atomic mass is 9.92. The number of allylic oxidation sites excluding steroid dienone is 1. The Bertz CT molecular complexity index is 903. The Balaban J connectivity index is 2.03. The number of ether oxygens (including phenoxy) is 1. The zero-order valence-corrected chi connectivity index (χ0v) is 19.7. The van der Waals surface area contributed by atoms with Gasteiger partial charge in [-0.25, -0.2) is 4.79 Å². The van der Waals surface area contributed by atoms with Crippen LogP contribution in [0.5, 0.6) is 5.75 Å². The van der Waals surface area contributed by atoms with E-state index < -0.39 is 11.9 Å². The van der Waals surface area contributed by atoms with Crippen molar-refractivity contribution in [1.29, 1.82) is 0 Å². The van der Waals surface area contributed by atoms with Crippen molar-refractivity contribution >= 4 is 18.0 Å². The molecular weight excluding hydrogens is 432 g/mol. The lowest BCUT2D eigenvalue weighted by Crippen LogP contribution is -2.04. The highest BCUT2D eigenvalue weighted by molar-refractivity contribution is 5.87. The number of para-hydroxylation sites is 1. The molecule has 0 saturated heterocycles.